The van der Waals surface area contributed by atoms with Gasteiger partial charge < -0.3 is 16.0 Å². The van der Waals surface area contributed by atoms with Crippen LogP contribution in [0.1, 0.15) is 24.3 Å². The predicted octanol–water partition coefficient (Wildman–Crippen LogP) is 0.297. The van der Waals surface area contributed by atoms with Crippen molar-refractivity contribution in [1.29, 1.82) is 0 Å². The Morgan fingerprint density at radius 1 is 1.50 bits per heavy atom. The van der Waals surface area contributed by atoms with E-state index in [0.717, 1.165) is 0 Å². The normalized spacial score (nSPS) is 12.5. The van der Waals surface area contributed by atoms with E-state index in [0.29, 0.717) is 5.69 Å². The Kier molecular flexibility index (Phi) is 4.25. The second kappa shape index (κ2) is 5.46. The van der Waals surface area contributed by atoms with Gasteiger partial charge in [-0.15, -0.1) is 0 Å². The standard InChI is InChI=1S/C11H17N3O2/c1-7(2)10(12)11(16)14-6-9(15)8-4-3-5-13-8/h3-5,7,10,13H,6,12H2,1-2H3,(H,14,16). The summed E-state index contributed by atoms with van der Waals surface area (Å²) >= 11 is 0. The number of hydrogen-bond acceptors (Lipinski definition) is 3. The first kappa shape index (κ1) is 12.4. The van der Waals surface area contributed by atoms with Crippen LogP contribution < -0.4 is 11.1 Å². The maximum absolute atomic E-state index is 11.5. The highest BCUT2D eigenvalue weighted by Crippen LogP contribution is 1.98. The van der Waals surface area contributed by atoms with Crippen molar-refractivity contribution in [1.82, 2.24) is 10.3 Å². The highest BCUT2D eigenvalue weighted by atomic mass is 16.2. The third-order valence-electron chi connectivity index (χ3n) is 2.34. The van der Waals surface area contributed by atoms with Gasteiger partial charge in [0.15, 0.2) is 5.78 Å². The Morgan fingerprint density at radius 3 is 2.69 bits per heavy atom. The molecule has 0 bridgehead atoms. The van der Waals surface area contributed by atoms with Gasteiger partial charge >= 0.3 is 0 Å². The number of H-pyrrole nitrogens is 1. The van der Waals surface area contributed by atoms with Crippen molar-refractivity contribution in [2.45, 2.75) is 19.9 Å². The molecule has 1 aromatic rings. The molecule has 1 unspecified atom stereocenters. The largest absolute Gasteiger partial charge is 0.359 e. The molecule has 0 radical (unpaired) electrons. The van der Waals surface area contributed by atoms with Crippen LogP contribution in [-0.4, -0.2) is 29.3 Å². The van der Waals surface area contributed by atoms with Crippen LogP contribution in [0.25, 0.3) is 0 Å². The third-order valence-corrected chi connectivity index (χ3v) is 2.34. The fraction of sp³-hybridized carbons (Fsp3) is 0.455. The molecule has 1 rings (SSSR count). The molecule has 0 saturated heterocycles. The number of hydrogen-bond donors (Lipinski definition) is 3. The van der Waals surface area contributed by atoms with Gasteiger partial charge in [-0.05, 0) is 18.1 Å². The van der Waals surface area contributed by atoms with Crippen molar-refractivity contribution in [3.8, 4) is 0 Å². The van der Waals surface area contributed by atoms with Crippen LogP contribution in [0.5, 0.6) is 0 Å². The van der Waals surface area contributed by atoms with Gasteiger partial charge in [-0.25, -0.2) is 0 Å². The number of rotatable bonds is 5. The highest BCUT2D eigenvalue weighted by molar-refractivity contribution is 5.98. The lowest BCUT2D eigenvalue weighted by molar-refractivity contribution is -0.123. The predicted molar refractivity (Wildman–Crippen MR) is 60.9 cm³/mol. The number of nitrogens with two attached hydrogens (primary N) is 1. The van der Waals surface area contributed by atoms with Crippen LogP contribution >= 0.6 is 0 Å². The Bertz CT molecular complexity index is 357. The minimum atomic E-state index is -0.573. The molecule has 1 amide bonds. The van der Waals surface area contributed by atoms with E-state index in [1.807, 2.05) is 13.8 Å². The molecule has 1 aromatic heterocycles. The summed E-state index contributed by atoms with van der Waals surface area (Å²) in [5.41, 5.74) is 6.12. The number of amides is 1. The lowest BCUT2D eigenvalue weighted by atomic mass is 10.1. The van der Waals surface area contributed by atoms with Gasteiger partial charge in [-0.1, -0.05) is 13.8 Å². The molecule has 88 valence electrons. The van der Waals surface area contributed by atoms with Gasteiger partial charge in [0.2, 0.25) is 5.91 Å². The molecule has 16 heavy (non-hydrogen) atoms. The molecule has 0 spiro atoms. The zero-order valence-electron chi connectivity index (χ0n) is 9.49. The fourth-order valence-corrected chi connectivity index (χ4v) is 1.19. The Balaban J connectivity index is 2.41. The fourth-order valence-electron chi connectivity index (χ4n) is 1.19. The Labute approximate surface area is 94.4 Å². The Morgan fingerprint density at radius 2 is 2.19 bits per heavy atom. The van der Waals surface area contributed by atoms with E-state index in [1.54, 1.807) is 18.3 Å². The first-order chi connectivity index (χ1) is 7.52. The van der Waals surface area contributed by atoms with Gasteiger partial charge in [0.25, 0.3) is 0 Å². The van der Waals surface area contributed by atoms with Crippen LogP contribution in [0, 0.1) is 5.92 Å². The smallest absolute Gasteiger partial charge is 0.237 e. The van der Waals surface area contributed by atoms with Gasteiger partial charge in [-0.2, -0.15) is 0 Å². The average molecular weight is 223 g/mol. The van der Waals surface area contributed by atoms with Crippen molar-refractivity contribution in [2.24, 2.45) is 11.7 Å². The monoisotopic (exact) mass is 223 g/mol. The van der Waals surface area contributed by atoms with Crippen molar-refractivity contribution in [3.63, 3.8) is 0 Å². The van der Waals surface area contributed by atoms with Crippen molar-refractivity contribution >= 4 is 11.7 Å². The first-order valence-electron chi connectivity index (χ1n) is 5.22. The molecule has 5 heteroatoms. The lowest BCUT2D eigenvalue weighted by Crippen LogP contribution is -2.45. The van der Waals surface area contributed by atoms with Gasteiger partial charge in [0.05, 0.1) is 18.3 Å². The molecule has 1 atom stereocenters. The Hall–Kier alpha value is -1.62. The van der Waals surface area contributed by atoms with Crippen molar-refractivity contribution in [3.05, 3.63) is 24.0 Å². The van der Waals surface area contributed by atoms with Crippen molar-refractivity contribution < 1.29 is 9.59 Å². The molecule has 4 N–H and O–H groups in total. The van der Waals surface area contributed by atoms with Gasteiger partial charge in [0.1, 0.15) is 0 Å². The number of nitrogens with one attached hydrogen (secondary N) is 2. The summed E-state index contributed by atoms with van der Waals surface area (Å²) in [7, 11) is 0. The molecule has 1 heterocycles. The minimum absolute atomic E-state index is 0.0280. The zero-order chi connectivity index (χ0) is 12.1. The molecular formula is C11H17N3O2. The molecular weight excluding hydrogens is 206 g/mol. The second-order valence-electron chi connectivity index (χ2n) is 3.99. The topological polar surface area (TPSA) is 88.0 Å². The summed E-state index contributed by atoms with van der Waals surface area (Å²) in [6, 6.07) is 2.82. The van der Waals surface area contributed by atoms with E-state index in [1.165, 1.54) is 0 Å². The number of aromatic amines is 1. The highest BCUT2D eigenvalue weighted by Gasteiger charge is 2.17. The van der Waals surface area contributed by atoms with Crippen LogP contribution in [0.15, 0.2) is 18.3 Å². The maximum atomic E-state index is 11.5. The van der Waals surface area contributed by atoms with E-state index in [4.69, 9.17) is 5.73 Å². The first-order valence-corrected chi connectivity index (χ1v) is 5.22. The summed E-state index contributed by atoms with van der Waals surface area (Å²) in [5, 5.41) is 2.52. The maximum Gasteiger partial charge on any atom is 0.237 e. The SMILES string of the molecule is CC(C)C(N)C(=O)NCC(=O)c1ccc[nH]1. The summed E-state index contributed by atoms with van der Waals surface area (Å²) < 4.78 is 0. The molecule has 0 saturated carbocycles. The summed E-state index contributed by atoms with van der Waals surface area (Å²) in [6.07, 6.45) is 1.66. The number of ketones is 1. The van der Waals surface area contributed by atoms with Crippen LogP contribution in [0.4, 0.5) is 0 Å². The van der Waals surface area contributed by atoms with E-state index >= 15 is 0 Å². The molecule has 0 aliphatic carbocycles. The van der Waals surface area contributed by atoms with Crippen LogP contribution in [-0.2, 0) is 4.79 Å². The number of carbonyl (C=O) groups excluding carboxylic acids is 2. The third kappa shape index (κ3) is 3.20. The summed E-state index contributed by atoms with van der Waals surface area (Å²) in [6.45, 7) is 3.69. The number of carbonyl (C=O) groups is 2. The number of aromatic nitrogens is 1. The number of Topliss-reactive ketones (excluding diaryl/α,β-unsaturated/α-hetero) is 1. The summed E-state index contributed by atoms with van der Waals surface area (Å²) in [4.78, 5) is 25.8. The van der Waals surface area contributed by atoms with Crippen LogP contribution in [0.2, 0.25) is 0 Å². The van der Waals surface area contributed by atoms with Crippen LogP contribution in [0.3, 0.4) is 0 Å². The van der Waals surface area contributed by atoms with E-state index in [-0.39, 0.29) is 24.2 Å². The van der Waals surface area contributed by atoms with Crippen molar-refractivity contribution in [2.75, 3.05) is 6.54 Å². The lowest BCUT2D eigenvalue weighted by Gasteiger charge is -2.14. The molecule has 0 aliphatic heterocycles. The van der Waals surface area contributed by atoms with Gasteiger partial charge in [0, 0.05) is 6.20 Å². The summed E-state index contributed by atoms with van der Waals surface area (Å²) in [5.74, 6) is -0.398. The van der Waals surface area contributed by atoms with E-state index in [2.05, 4.69) is 10.3 Å². The molecule has 0 aliphatic rings. The second-order valence-corrected chi connectivity index (χ2v) is 3.99. The average Bonchev–Trinajstić information content (AvgIpc) is 2.77. The zero-order valence-corrected chi connectivity index (χ0v) is 9.49. The quantitative estimate of drug-likeness (QED) is 0.627. The molecule has 5 nitrogen and oxygen atoms in total. The van der Waals surface area contributed by atoms with E-state index < -0.39 is 6.04 Å². The minimum Gasteiger partial charge on any atom is -0.359 e. The van der Waals surface area contributed by atoms with Gasteiger partial charge in [-0.3, -0.25) is 9.59 Å². The van der Waals surface area contributed by atoms with E-state index in [9.17, 15) is 9.59 Å². The molecule has 0 fully saturated rings. The molecule has 0 aromatic carbocycles.